The number of hydrogen-bond donors (Lipinski definition) is 0. The second-order valence-corrected chi connectivity index (χ2v) is 5.73. The molecule has 0 aliphatic carbocycles. The van der Waals surface area contributed by atoms with Crippen molar-refractivity contribution in [3.8, 4) is 5.75 Å². The summed E-state index contributed by atoms with van der Waals surface area (Å²) < 4.78 is 6.96. The lowest BCUT2D eigenvalue weighted by atomic mass is 10.0. The van der Waals surface area contributed by atoms with Gasteiger partial charge in [-0.2, -0.15) is 5.10 Å². The maximum absolute atomic E-state index is 12.9. The Balaban J connectivity index is 1.89. The van der Waals surface area contributed by atoms with Gasteiger partial charge in [-0.05, 0) is 43.5 Å². The zero-order chi connectivity index (χ0) is 15.7. The van der Waals surface area contributed by atoms with Crippen LogP contribution < -0.4 is 4.74 Å². The van der Waals surface area contributed by atoms with E-state index in [4.69, 9.17) is 4.74 Å². The second-order valence-electron chi connectivity index (χ2n) is 5.73. The van der Waals surface area contributed by atoms with E-state index in [1.54, 1.807) is 11.8 Å². The number of nitrogens with zero attached hydrogens (tertiary/aromatic N) is 3. The molecule has 2 aromatic rings. The molecule has 0 saturated carbocycles. The van der Waals surface area contributed by atoms with Crippen LogP contribution in [0.1, 0.15) is 40.6 Å². The Kier molecular flexibility index (Phi) is 3.88. The molecular formula is C17H21N3O2. The highest BCUT2D eigenvalue weighted by Gasteiger charge is 2.32. The molecule has 1 aromatic heterocycles. The Morgan fingerprint density at radius 1 is 1.36 bits per heavy atom. The van der Waals surface area contributed by atoms with Gasteiger partial charge in [0.1, 0.15) is 11.4 Å². The van der Waals surface area contributed by atoms with Crippen molar-refractivity contribution in [2.24, 2.45) is 7.05 Å². The van der Waals surface area contributed by atoms with Crippen LogP contribution in [0, 0.1) is 6.92 Å². The minimum Gasteiger partial charge on any atom is -0.497 e. The summed E-state index contributed by atoms with van der Waals surface area (Å²) in [7, 11) is 3.48. The van der Waals surface area contributed by atoms with Gasteiger partial charge < -0.3 is 9.64 Å². The largest absolute Gasteiger partial charge is 0.497 e. The molecule has 1 atom stereocenters. The van der Waals surface area contributed by atoms with E-state index in [9.17, 15) is 4.79 Å². The molecule has 5 heteroatoms. The summed E-state index contributed by atoms with van der Waals surface area (Å²) in [6, 6.07) is 9.94. The number of methoxy groups -OCH3 is 1. The van der Waals surface area contributed by atoms with E-state index in [0.717, 1.165) is 36.4 Å². The van der Waals surface area contributed by atoms with Gasteiger partial charge in [0.05, 0.1) is 18.8 Å². The van der Waals surface area contributed by atoms with Crippen molar-refractivity contribution < 1.29 is 9.53 Å². The van der Waals surface area contributed by atoms with Crippen LogP contribution in [-0.4, -0.2) is 34.2 Å². The highest BCUT2D eigenvalue weighted by Crippen LogP contribution is 2.34. The van der Waals surface area contributed by atoms with Crippen molar-refractivity contribution in [3.05, 3.63) is 47.3 Å². The molecule has 0 bridgehead atoms. The molecule has 1 aromatic carbocycles. The first-order valence-corrected chi connectivity index (χ1v) is 7.55. The minimum atomic E-state index is 0.0495. The van der Waals surface area contributed by atoms with Crippen molar-refractivity contribution in [1.29, 1.82) is 0 Å². The Morgan fingerprint density at radius 2 is 2.18 bits per heavy atom. The molecule has 1 amide bonds. The lowest BCUT2D eigenvalue weighted by Crippen LogP contribution is -2.32. The molecule has 2 heterocycles. The summed E-state index contributed by atoms with van der Waals surface area (Å²) in [6.45, 7) is 2.69. The van der Waals surface area contributed by atoms with Crippen LogP contribution in [0.3, 0.4) is 0 Å². The molecule has 1 saturated heterocycles. The topological polar surface area (TPSA) is 47.4 Å². The van der Waals surface area contributed by atoms with Gasteiger partial charge in [0.15, 0.2) is 0 Å². The van der Waals surface area contributed by atoms with Crippen LogP contribution in [0.5, 0.6) is 5.75 Å². The quantitative estimate of drug-likeness (QED) is 0.875. The standard InChI is InChI=1S/C17H21N3O2/c1-12-10-16(19(2)18-12)17(21)20-9-5-8-15(20)13-6-4-7-14(11-13)22-3/h4,6-7,10-11,15H,5,8-9H2,1-3H3. The van der Waals surface area contributed by atoms with Crippen LogP contribution in [0.15, 0.2) is 30.3 Å². The summed E-state index contributed by atoms with van der Waals surface area (Å²) in [5.41, 5.74) is 2.64. The summed E-state index contributed by atoms with van der Waals surface area (Å²) >= 11 is 0. The van der Waals surface area contributed by atoms with E-state index in [2.05, 4.69) is 11.2 Å². The van der Waals surface area contributed by atoms with Crippen molar-refractivity contribution in [2.75, 3.05) is 13.7 Å². The lowest BCUT2D eigenvalue weighted by molar-refractivity contribution is 0.0724. The first-order valence-electron chi connectivity index (χ1n) is 7.55. The monoisotopic (exact) mass is 299 g/mol. The molecule has 22 heavy (non-hydrogen) atoms. The Bertz CT molecular complexity index is 693. The number of carbonyl (C=O) groups excluding carboxylic acids is 1. The first kappa shape index (κ1) is 14.6. The third kappa shape index (κ3) is 2.58. The van der Waals surface area contributed by atoms with Gasteiger partial charge in [-0.25, -0.2) is 0 Å². The van der Waals surface area contributed by atoms with E-state index < -0.39 is 0 Å². The molecule has 0 N–H and O–H groups in total. The van der Waals surface area contributed by atoms with Crippen molar-refractivity contribution in [3.63, 3.8) is 0 Å². The Labute approximate surface area is 130 Å². The van der Waals surface area contributed by atoms with Gasteiger partial charge >= 0.3 is 0 Å². The number of benzene rings is 1. The summed E-state index contributed by atoms with van der Waals surface area (Å²) in [6.07, 6.45) is 2.00. The molecular weight excluding hydrogens is 278 g/mol. The fourth-order valence-corrected chi connectivity index (χ4v) is 3.16. The average Bonchev–Trinajstić information content (AvgIpc) is 3.13. The van der Waals surface area contributed by atoms with Crippen molar-refractivity contribution in [2.45, 2.75) is 25.8 Å². The van der Waals surface area contributed by atoms with Crippen LogP contribution >= 0.6 is 0 Å². The number of aryl methyl sites for hydroxylation is 2. The molecule has 1 aliphatic heterocycles. The molecule has 116 valence electrons. The number of carbonyl (C=O) groups is 1. The minimum absolute atomic E-state index is 0.0495. The van der Waals surface area contributed by atoms with Crippen LogP contribution in [-0.2, 0) is 7.05 Å². The summed E-state index contributed by atoms with van der Waals surface area (Å²) in [4.78, 5) is 14.8. The zero-order valence-electron chi connectivity index (χ0n) is 13.2. The fourth-order valence-electron chi connectivity index (χ4n) is 3.16. The van der Waals surface area contributed by atoms with Gasteiger partial charge in [0, 0.05) is 13.6 Å². The number of hydrogen-bond acceptors (Lipinski definition) is 3. The Morgan fingerprint density at radius 3 is 2.86 bits per heavy atom. The van der Waals surface area contributed by atoms with Crippen molar-refractivity contribution in [1.82, 2.24) is 14.7 Å². The number of ether oxygens (including phenoxy) is 1. The van der Waals surface area contributed by atoms with Gasteiger partial charge in [-0.15, -0.1) is 0 Å². The third-order valence-electron chi connectivity index (χ3n) is 4.21. The predicted octanol–water partition coefficient (Wildman–Crippen LogP) is 2.71. The molecule has 1 fully saturated rings. The number of likely N-dealkylation sites (tertiary alicyclic amines) is 1. The van der Waals surface area contributed by atoms with Crippen LogP contribution in [0.4, 0.5) is 0 Å². The Hall–Kier alpha value is -2.30. The van der Waals surface area contributed by atoms with E-state index in [1.807, 2.05) is 43.1 Å². The van der Waals surface area contributed by atoms with Gasteiger partial charge in [0.2, 0.25) is 0 Å². The van der Waals surface area contributed by atoms with Crippen LogP contribution in [0.2, 0.25) is 0 Å². The molecule has 0 radical (unpaired) electrons. The van der Waals surface area contributed by atoms with Gasteiger partial charge in [-0.3, -0.25) is 9.48 Å². The molecule has 5 nitrogen and oxygen atoms in total. The average molecular weight is 299 g/mol. The molecule has 3 rings (SSSR count). The lowest BCUT2D eigenvalue weighted by Gasteiger charge is -2.25. The van der Waals surface area contributed by atoms with Crippen LogP contribution in [0.25, 0.3) is 0 Å². The van der Waals surface area contributed by atoms with E-state index >= 15 is 0 Å². The SMILES string of the molecule is COc1cccc(C2CCCN2C(=O)c2cc(C)nn2C)c1. The number of amides is 1. The maximum Gasteiger partial charge on any atom is 0.272 e. The highest BCUT2D eigenvalue weighted by atomic mass is 16.5. The van der Waals surface area contributed by atoms with E-state index in [1.165, 1.54) is 0 Å². The third-order valence-corrected chi connectivity index (χ3v) is 4.21. The second kappa shape index (κ2) is 5.83. The normalized spacial score (nSPS) is 17.8. The fraction of sp³-hybridized carbons (Fsp3) is 0.412. The molecule has 0 spiro atoms. The zero-order valence-corrected chi connectivity index (χ0v) is 13.2. The smallest absolute Gasteiger partial charge is 0.272 e. The first-order chi connectivity index (χ1) is 10.6. The highest BCUT2D eigenvalue weighted by molar-refractivity contribution is 5.93. The summed E-state index contributed by atoms with van der Waals surface area (Å²) in [5, 5.41) is 4.28. The van der Waals surface area contributed by atoms with Gasteiger partial charge in [0.25, 0.3) is 5.91 Å². The predicted molar refractivity (Wildman–Crippen MR) is 84.0 cm³/mol. The van der Waals surface area contributed by atoms with Gasteiger partial charge in [-0.1, -0.05) is 12.1 Å². The number of aromatic nitrogens is 2. The van der Waals surface area contributed by atoms with E-state index in [0.29, 0.717) is 5.69 Å². The van der Waals surface area contributed by atoms with E-state index in [-0.39, 0.29) is 11.9 Å². The summed E-state index contributed by atoms with van der Waals surface area (Å²) in [5.74, 6) is 0.876. The molecule has 1 unspecified atom stereocenters. The van der Waals surface area contributed by atoms with Crippen molar-refractivity contribution >= 4 is 5.91 Å². The number of rotatable bonds is 3. The molecule has 1 aliphatic rings. The maximum atomic E-state index is 12.9.